The van der Waals surface area contributed by atoms with Gasteiger partial charge in [-0.2, -0.15) is 0 Å². The molecule has 0 spiro atoms. The van der Waals surface area contributed by atoms with Crippen molar-refractivity contribution in [3.63, 3.8) is 0 Å². The molecular formula is C18H19N3O2S. The zero-order chi connectivity index (χ0) is 16.7. The van der Waals surface area contributed by atoms with E-state index in [1.54, 1.807) is 10.5 Å². The minimum absolute atomic E-state index is 0.0355. The van der Waals surface area contributed by atoms with Gasteiger partial charge in [-0.05, 0) is 24.5 Å². The van der Waals surface area contributed by atoms with Crippen LogP contribution in [-0.2, 0) is 13.0 Å². The van der Waals surface area contributed by atoms with E-state index in [0.717, 1.165) is 29.3 Å². The molecule has 0 amide bonds. The second kappa shape index (κ2) is 6.12. The van der Waals surface area contributed by atoms with Gasteiger partial charge in [-0.1, -0.05) is 24.3 Å². The van der Waals surface area contributed by atoms with Crippen molar-refractivity contribution in [3.8, 4) is 0 Å². The van der Waals surface area contributed by atoms with E-state index in [4.69, 9.17) is 0 Å². The second-order valence-electron chi connectivity index (χ2n) is 6.20. The highest BCUT2D eigenvalue weighted by atomic mass is 32.1. The van der Waals surface area contributed by atoms with Crippen molar-refractivity contribution in [3.05, 3.63) is 68.6 Å². The van der Waals surface area contributed by atoms with Gasteiger partial charge in [-0.3, -0.25) is 14.1 Å². The Balaban J connectivity index is 1.67. The van der Waals surface area contributed by atoms with Crippen molar-refractivity contribution < 1.29 is 5.11 Å². The first-order chi connectivity index (χ1) is 11.7. The molecule has 1 unspecified atom stereocenters. The van der Waals surface area contributed by atoms with Crippen molar-refractivity contribution >= 4 is 16.3 Å². The summed E-state index contributed by atoms with van der Waals surface area (Å²) in [6.07, 6.45) is 0.950. The molecule has 3 aromatic rings. The lowest BCUT2D eigenvalue weighted by Gasteiger charge is -2.36. The van der Waals surface area contributed by atoms with Crippen molar-refractivity contribution in [2.75, 3.05) is 13.2 Å². The number of aryl methyl sites for hydroxylation is 1. The highest BCUT2D eigenvalue weighted by Gasteiger charge is 2.27. The summed E-state index contributed by atoms with van der Waals surface area (Å²) in [7, 11) is 0. The molecule has 3 heterocycles. The molecule has 1 N–H and O–H groups in total. The number of aromatic nitrogens is 2. The third kappa shape index (κ3) is 2.56. The Hall–Kier alpha value is -2.02. The fourth-order valence-electron chi connectivity index (χ4n) is 3.50. The van der Waals surface area contributed by atoms with Gasteiger partial charge in [0.05, 0.1) is 18.3 Å². The molecule has 0 aliphatic carbocycles. The summed E-state index contributed by atoms with van der Waals surface area (Å²) < 4.78 is 1.64. The van der Waals surface area contributed by atoms with E-state index in [9.17, 15) is 9.90 Å². The molecular weight excluding hydrogens is 322 g/mol. The Labute approximate surface area is 143 Å². The average molecular weight is 341 g/mol. The summed E-state index contributed by atoms with van der Waals surface area (Å²) in [4.78, 5) is 19.9. The van der Waals surface area contributed by atoms with Crippen LogP contribution in [0.25, 0.3) is 4.96 Å². The average Bonchev–Trinajstić information content (AvgIpc) is 2.96. The minimum atomic E-state index is -0.0414. The van der Waals surface area contributed by atoms with Crippen LogP contribution in [0.4, 0.5) is 0 Å². The molecule has 4 rings (SSSR count). The zero-order valence-electron chi connectivity index (χ0n) is 13.5. The molecule has 0 saturated heterocycles. The molecule has 1 atom stereocenters. The first-order valence-corrected chi connectivity index (χ1v) is 8.95. The van der Waals surface area contributed by atoms with E-state index in [1.165, 1.54) is 22.5 Å². The van der Waals surface area contributed by atoms with Crippen molar-refractivity contribution in [1.82, 2.24) is 14.3 Å². The number of aliphatic hydroxyl groups excluding tert-OH is 1. The fraction of sp³-hybridized carbons (Fsp3) is 0.333. The Bertz CT molecular complexity index is 947. The molecule has 2 aromatic heterocycles. The summed E-state index contributed by atoms with van der Waals surface area (Å²) in [6, 6.07) is 9.83. The number of fused-ring (bicyclic) bond motifs is 2. The molecule has 0 radical (unpaired) electrons. The third-order valence-corrected chi connectivity index (χ3v) is 5.63. The molecule has 1 aromatic carbocycles. The lowest BCUT2D eigenvalue weighted by atomic mass is 9.93. The SMILES string of the molecule is Cc1csc2nc(CN3CCc4ccccc4C3CO)cc(=O)n12. The maximum absolute atomic E-state index is 12.3. The zero-order valence-corrected chi connectivity index (χ0v) is 14.3. The van der Waals surface area contributed by atoms with Crippen LogP contribution in [0.5, 0.6) is 0 Å². The number of thiazole rings is 1. The quantitative estimate of drug-likeness (QED) is 0.793. The molecule has 124 valence electrons. The van der Waals surface area contributed by atoms with E-state index in [0.29, 0.717) is 6.54 Å². The maximum Gasteiger partial charge on any atom is 0.259 e. The van der Waals surface area contributed by atoms with E-state index < -0.39 is 0 Å². The normalized spacial score (nSPS) is 18.0. The molecule has 0 saturated carbocycles. The Kier molecular flexibility index (Phi) is 3.96. The van der Waals surface area contributed by atoms with Gasteiger partial charge in [0.25, 0.3) is 5.56 Å². The number of aliphatic hydroxyl groups is 1. The van der Waals surface area contributed by atoms with Crippen LogP contribution >= 0.6 is 11.3 Å². The Morgan fingerprint density at radius 3 is 3.04 bits per heavy atom. The Morgan fingerprint density at radius 1 is 1.38 bits per heavy atom. The van der Waals surface area contributed by atoms with Crippen LogP contribution in [0.1, 0.15) is 28.6 Å². The van der Waals surface area contributed by atoms with Gasteiger partial charge in [-0.15, -0.1) is 11.3 Å². The lowest BCUT2D eigenvalue weighted by Crippen LogP contribution is -2.37. The van der Waals surface area contributed by atoms with Gasteiger partial charge < -0.3 is 5.11 Å². The summed E-state index contributed by atoms with van der Waals surface area (Å²) in [5, 5.41) is 11.8. The largest absolute Gasteiger partial charge is 0.394 e. The smallest absolute Gasteiger partial charge is 0.259 e. The topological polar surface area (TPSA) is 57.8 Å². The predicted molar refractivity (Wildman–Crippen MR) is 94.5 cm³/mol. The van der Waals surface area contributed by atoms with E-state index >= 15 is 0 Å². The van der Waals surface area contributed by atoms with Crippen LogP contribution in [0.3, 0.4) is 0 Å². The monoisotopic (exact) mass is 341 g/mol. The molecule has 6 heteroatoms. The van der Waals surface area contributed by atoms with Gasteiger partial charge in [0.2, 0.25) is 0 Å². The molecule has 1 aliphatic heterocycles. The maximum atomic E-state index is 12.3. The summed E-state index contributed by atoms with van der Waals surface area (Å²) in [5.74, 6) is 0. The van der Waals surface area contributed by atoms with Crippen LogP contribution in [0.2, 0.25) is 0 Å². The highest BCUT2D eigenvalue weighted by molar-refractivity contribution is 7.15. The molecule has 5 nitrogen and oxygen atoms in total. The standard InChI is InChI=1S/C18H19N3O2S/c1-12-11-24-18-19-14(8-17(23)21(12)18)9-20-7-6-13-4-2-3-5-15(13)16(20)10-22/h2-5,8,11,16,22H,6-7,9-10H2,1H3. The number of rotatable bonds is 3. The van der Waals surface area contributed by atoms with Gasteiger partial charge >= 0.3 is 0 Å². The Morgan fingerprint density at radius 2 is 2.21 bits per heavy atom. The summed E-state index contributed by atoms with van der Waals surface area (Å²) in [5.41, 5.74) is 4.12. The van der Waals surface area contributed by atoms with Crippen LogP contribution in [0.15, 0.2) is 40.5 Å². The first-order valence-electron chi connectivity index (χ1n) is 8.07. The summed E-state index contributed by atoms with van der Waals surface area (Å²) >= 11 is 1.48. The third-order valence-electron chi connectivity index (χ3n) is 4.69. The first kappa shape index (κ1) is 15.5. The number of hydrogen-bond acceptors (Lipinski definition) is 5. The number of hydrogen-bond donors (Lipinski definition) is 1. The molecule has 0 bridgehead atoms. The van der Waals surface area contributed by atoms with Gasteiger partial charge in [-0.25, -0.2) is 4.98 Å². The van der Waals surface area contributed by atoms with E-state index in [2.05, 4.69) is 22.0 Å². The van der Waals surface area contributed by atoms with E-state index in [1.807, 2.05) is 24.4 Å². The van der Waals surface area contributed by atoms with Crippen molar-refractivity contribution in [2.24, 2.45) is 0 Å². The lowest BCUT2D eigenvalue weighted by molar-refractivity contribution is 0.107. The number of benzene rings is 1. The summed E-state index contributed by atoms with van der Waals surface area (Å²) in [6.45, 7) is 3.40. The van der Waals surface area contributed by atoms with Gasteiger partial charge in [0, 0.05) is 30.2 Å². The second-order valence-corrected chi connectivity index (χ2v) is 7.03. The number of nitrogens with zero attached hydrogens (tertiary/aromatic N) is 3. The molecule has 1 aliphatic rings. The van der Waals surface area contributed by atoms with Crippen LogP contribution in [0, 0.1) is 6.92 Å². The van der Waals surface area contributed by atoms with Gasteiger partial charge in [0.15, 0.2) is 4.96 Å². The van der Waals surface area contributed by atoms with E-state index in [-0.39, 0.29) is 18.2 Å². The van der Waals surface area contributed by atoms with Crippen molar-refractivity contribution in [1.29, 1.82) is 0 Å². The molecule has 24 heavy (non-hydrogen) atoms. The molecule has 0 fully saturated rings. The van der Waals surface area contributed by atoms with Crippen LogP contribution < -0.4 is 5.56 Å². The predicted octanol–water partition coefficient (Wildman–Crippen LogP) is 2.16. The minimum Gasteiger partial charge on any atom is -0.394 e. The highest BCUT2D eigenvalue weighted by Crippen LogP contribution is 2.30. The fourth-order valence-corrected chi connectivity index (χ4v) is 4.39. The van der Waals surface area contributed by atoms with Crippen molar-refractivity contribution in [2.45, 2.75) is 25.9 Å². The van der Waals surface area contributed by atoms with Gasteiger partial charge in [0.1, 0.15) is 0 Å². The van der Waals surface area contributed by atoms with Crippen LogP contribution in [-0.4, -0.2) is 32.5 Å².